The number of benzene rings is 2. The van der Waals surface area contributed by atoms with Crippen molar-refractivity contribution in [3.8, 4) is 0 Å². The van der Waals surface area contributed by atoms with Crippen molar-refractivity contribution in [3.05, 3.63) is 88.7 Å². The number of nitrogens with one attached hydrogen (secondary N) is 7. The molecule has 20 nitrogen and oxygen atoms in total. The number of anilines is 1. The summed E-state index contributed by atoms with van der Waals surface area (Å²) in [6.45, 7) is 4.81. The lowest BCUT2D eigenvalue weighted by Gasteiger charge is -2.36. The van der Waals surface area contributed by atoms with E-state index in [4.69, 9.17) is 0 Å². The number of para-hydroxylation sites is 2. The molecule has 2 aromatic heterocycles. The van der Waals surface area contributed by atoms with Gasteiger partial charge in [0, 0.05) is 60.3 Å². The molecule has 6 rings (SSSR count). The van der Waals surface area contributed by atoms with E-state index >= 15 is 0 Å². The van der Waals surface area contributed by atoms with Crippen LogP contribution < -0.4 is 36.8 Å². The number of aromatic amines is 1. The molecule has 6 atom stereocenters. The van der Waals surface area contributed by atoms with E-state index in [9.17, 15) is 53.4 Å². The minimum Gasteiger partial charge on any atom is -0.481 e. The predicted molar refractivity (Wildman–Crippen MR) is 236 cm³/mol. The van der Waals surface area contributed by atoms with Gasteiger partial charge in [0.2, 0.25) is 41.5 Å². The molecule has 2 aliphatic heterocycles. The first-order valence-corrected chi connectivity index (χ1v) is 21.9. The molecule has 2 aromatic carbocycles. The van der Waals surface area contributed by atoms with E-state index < -0.39 is 102 Å². The van der Waals surface area contributed by atoms with Crippen LogP contribution in [0.15, 0.2) is 78.3 Å². The lowest BCUT2D eigenvalue weighted by atomic mass is 10.00. The van der Waals surface area contributed by atoms with Gasteiger partial charge >= 0.3 is 11.9 Å². The van der Waals surface area contributed by atoms with Crippen LogP contribution >= 0.6 is 11.3 Å². The zero-order valence-electron chi connectivity index (χ0n) is 35.6. The molecule has 344 valence electrons. The summed E-state index contributed by atoms with van der Waals surface area (Å²) in [6, 6.07) is 9.11. The average Bonchev–Trinajstić information content (AvgIpc) is 3.96. The minimum absolute atomic E-state index is 0.0325. The van der Waals surface area contributed by atoms with Gasteiger partial charge in [-0.1, -0.05) is 56.3 Å². The molecule has 65 heavy (non-hydrogen) atoms. The number of hydrogen-bond donors (Lipinski definition) is 9. The monoisotopic (exact) mass is 913 g/mol. The van der Waals surface area contributed by atoms with E-state index in [2.05, 4.69) is 36.9 Å². The number of carboxylic acids is 2. The summed E-state index contributed by atoms with van der Waals surface area (Å²) in [7, 11) is 0. The number of thiophene rings is 1. The van der Waals surface area contributed by atoms with Gasteiger partial charge in [0.1, 0.15) is 30.2 Å². The number of rotatable bonds is 11. The highest BCUT2D eigenvalue weighted by Gasteiger charge is 2.39. The first kappa shape index (κ1) is 47.2. The van der Waals surface area contributed by atoms with Crippen LogP contribution in [0.3, 0.4) is 0 Å². The predicted octanol–water partition coefficient (Wildman–Crippen LogP) is 0.411. The van der Waals surface area contributed by atoms with E-state index in [-0.39, 0.29) is 36.7 Å². The number of carbonyl (C=O) groups excluding carboxylic acids is 7. The minimum atomic E-state index is -2.38. The Kier molecular flexibility index (Phi) is 15.5. The molecule has 2 saturated heterocycles. The van der Waals surface area contributed by atoms with Gasteiger partial charge in [0.25, 0.3) is 5.91 Å². The molecular weight excluding hydrogens is 863 g/mol. The van der Waals surface area contributed by atoms with Crippen molar-refractivity contribution in [1.29, 1.82) is 0 Å². The molecule has 2 aliphatic rings. The van der Waals surface area contributed by atoms with Crippen molar-refractivity contribution in [2.24, 2.45) is 5.92 Å². The number of aromatic nitrogens is 1. The fourth-order valence-electron chi connectivity index (χ4n) is 7.68. The number of fused-ring (bicyclic) bond motifs is 1. The smallest absolute Gasteiger partial charge is 0.336 e. The Morgan fingerprint density at radius 1 is 0.662 bits per heavy atom. The maximum Gasteiger partial charge on any atom is 0.336 e. The molecule has 9 N–H and O–H groups in total. The Bertz CT molecular complexity index is 2400. The molecule has 0 unspecified atom stereocenters. The summed E-state index contributed by atoms with van der Waals surface area (Å²) in [5.41, 5.74) is 2.21. The summed E-state index contributed by atoms with van der Waals surface area (Å²) >= 11 is 1.04. The van der Waals surface area contributed by atoms with Crippen molar-refractivity contribution in [3.63, 3.8) is 0 Å². The van der Waals surface area contributed by atoms with Crippen LogP contribution in [-0.2, 0) is 49.6 Å². The third-order valence-electron chi connectivity index (χ3n) is 11.0. The molecule has 0 aliphatic carbocycles. The molecule has 4 aromatic rings. The van der Waals surface area contributed by atoms with Crippen LogP contribution in [0.4, 0.5) is 5.69 Å². The van der Waals surface area contributed by atoms with Gasteiger partial charge in [-0.25, -0.2) is 4.79 Å². The molecule has 0 spiro atoms. The second kappa shape index (κ2) is 21.4. The van der Waals surface area contributed by atoms with E-state index in [0.717, 1.165) is 17.0 Å². The molecular formula is C44H51N9O11S. The van der Waals surface area contributed by atoms with E-state index in [0.29, 0.717) is 29.6 Å². The van der Waals surface area contributed by atoms with E-state index in [1.807, 2.05) is 35.2 Å². The summed E-state index contributed by atoms with van der Waals surface area (Å²) < 4.78 is 0. The fraction of sp³-hybridized carbons (Fsp3) is 0.386. The van der Waals surface area contributed by atoms with Gasteiger partial charge in [-0.15, -0.1) is 11.3 Å². The highest BCUT2D eigenvalue weighted by molar-refractivity contribution is 7.10. The Morgan fingerprint density at radius 2 is 1.26 bits per heavy atom. The maximum atomic E-state index is 14.3. The summed E-state index contributed by atoms with van der Waals surface area (Å²) in [6.07, 6.45) is -0.296. The van der Waals surface area contributed by atoms with Gasteiger partial charge in [-0.2, -0.15) is 0 Å². The Labute approximate surface area is 376 Å². The number of piperazine rings is 1. The number of H-pyrrole nitrogens is 1. The van der Waals surface area contributed by atoms with Crippen LogP contribution in [0.1, 0.15) is 49.6 Å². The molecule has 0 bridgehead atoms. The topological polar surface area (TPSA) is 289 Å². The van der Waals surface area contributed by atoms with Gasteiger partial charge in [-0.05, 0) is 47.5 Å². The second-order valence-electron chi connectivity index (χ2n) is 16.2. The second-order valence-corrected chi connectivity index (χ2v) is 17.2. The largest absolute Gasteiger partial charge is 0.481 e. The van der Waals surface area contributed by atoms with E-state index in [1.165, 1.54) is 11.0 Å². The Morgan fingerprint density at radius 3 is 1.91 bits per heavy atom. The highest BCUT2D eigenvalue weighted by Crippen LogP contribution is 2.23. The standard InChI is InChI=1S/C44H51N9O11S/c1-24(2)19-29-38(57)46-30(20-25-23-45-28-12-7-6-11-27(25)28)39(58)48-32(22-35(55)56)40(59)47-31(21-34(54)53-16-14-52(15-17-53)26-9-4-3-5-10-26)41(60)51-37(44(63)64)43(62)50-36(42(61)49-29)33-13-8-18-65-33/h3-13,18,23-24,29-32,36-37,45H,14-17,19-22H2,1-2H3,(H,46,57)(H,47,59)(H,48,58)(H,49,61)(H,50,62)(H,51,60)(H,55,56)(H,63,64)/t29-,30+,31-,32+,36+,37+/m0/s1. The molecule has 4 heterocycles. The van der Waals surface area contributed by atoms with E-state index in [1.54, 1.807) is 55.8 Å². The summed E-state index contributed by atoms with van der Waals surface area (Å²) in [5, 5.41) is 36.9. The Hall–Kier alpha value is -7.29. The van der Waals surface area contributed by atoms with Gasteiger partial charge in [0.15, 0.2) is 0 Å². The number of nitrogens with zero attached hydrogens (tertiary/aromatic N) is 2. The highest BCUT2D eigenvalue weighted by atomic mass is 32.1. The zero-order valence-corrected chi connectivity index (χ0v) is 36.4. The van der Waals surface area contributed by atoms with Crippen LogP contribution in [0, 0.1) is 5.92 Å². The average molecular weight is 914 g/mol. The number of aliphatic carboxylic acids is 2. The first-order valence-electron chi connectivity index (χ1n) is 21.0. The number of hydrogen-bond acceptors (Lipinski definition) is 11. The van der Waals surface area contributed by atoms with Crippen molar-refractivity contribution in [2.75, 3.05) is 31.1 Å². The van der Waals surface area contributed by atoms with Crippen molar-refractivity contribution in [2.45, 2.75) is 75.8 Å². The van der Waals surface area contributed by atoms with Gasteiger partial charge < -0.3 is 56.9 Å². The SMILES string of the molecule is CC(C)C[C@@H]1NC(=O)[C@@H](c2cccs2)NC(=O)[C@H](C(=O)O)NC(=O)[C@H](CC(=O)N2CCN(c3ccccc3)CC2)NC(=O)[C@@H](CC(=O)O)NC(=O)[C@@H](Cc2c[nH]c3ccccc23)NC1=O. The number of carbonyl (C=O) groups is 9. The van der Waals surface area contributed by atoms with Crippen LogP contribution in [0.5, 0.6) is 0 Å². The van der Waals surface area contributed by atoms with Crippen LogP contribution in [0.2, 0.25) is 0 Å². The fourth-order valence-corrected chi connectivity index (χ4v) is 8.46. The number of amides is 7. The maximum absolute atomic E-state index is 14.3. The quantitative estimate of drug-likeness (QED) is 0.0926. The molecule has 21 heteroatoms. The lowest BCUT2D eigenvalue weighted by Crippen LogP contribution is -2.62. The summed E-state index contributed by atoms with van der Waals surface area (Å²) in [4.78, 5) is 130. The molecule has 0 radical (unpaired) electrons. The molecule has 7 amide bonds. The molecule has 0 saturated carbocycles. The van der Waals surface area contributed by atoms with Crippen molar-refractivity contribution < 1.29 is 53.4 Å². The lowest BCUT2D eigenvalue weighted by molar-refractivity contribution is -0.148. The third-order valence-corrected chi connectivity index (χ3v) is 12.0. The summed E-state index contributed by atoms with van der Waals surface area (Å²) in [5.74, 6) is -10.9. The Balaban J connectivity index is 1.36. The first-order chi connectivity index (χ1) is 31.1. The van der Waals surface area contributed by atoms with Crippen LogP contribution in [-0.4, -0.2) is 130 Å². The third kappa shape index (κ3) is 12.3. The van der Waals surface area contributed by atoms with Crippen molar-refractivity contribution in [1.82, 2.24) is 41.8 Å². The number of carboxylic acid groups (broad SMARTS) is 2. The van der Waals surface area contributed by atoms with Crippen LogP contribution in [0.25, 0.3) is 10.9 Å². The van der Waals surface area contributed by atoms with Crippen molar-refractivity contribution >= 4 is 81.2 Å². The normalized spacial score (nSPS) is 23.0. The molecule has 2 fully saturated rings. The van der Waals surface area contributed by atoms with Gasteiger partial charge in [-0.3, -0.25) is 38.4 Å². The zero-order chi connectivity index (χ0) is 46.8. The van der Waals surface area contributed by atoms with Gasteiger partial charge in [0.05, 0.1) is 12.8 Å².